The molecule has 13 heteroatoms. The number of sulfonamides is 1. The Morgan fingerprint density at radius 3 is 2.38 bits per heavy atom. The maximum atomic E-state index is 13.0. The average molecular weight is 671 g/mol. The third kappa shape index (κ3) is 8.65. The molecule has 4 aromatic rings. The molecule has 236 valence electrons. The van der Waals surface area contributed by atoms with Gasteiger partial charge < -0.3 is 19.9 Å². The van der Waals surface area contributed by atoms with Gasteiger partial charge in [-0.1, -0.05) is 47.5 Å². The Kier molecular flexibility index (Phi) is 10.6. The number of amides is 2. The number of carbonyl (C=O) groups excluding carboxylic acids is 2. The lowest BCUT2D eigenvalue weighted by atomic mass is 10.1. The van der Waals surface area contributed by atoms with E-state index in [1.807, 2.05) is 50.2 Å². The topological polar surface area (TPSA) is 121 Å². The monoisotopic (exact) mass is 669 g/mol. The molecule has 0 aliphatic heterocycles. The number of nitrogens with zero attached hydrogens (tertiary/aromatic N) is 3. The number of anilines is 3. The Labute approximate surface area is 272 Å². The number of carbonyl (C=O) groups is 2. The van der Waals surface area contributed by atoms with Crippen LogP contribution in [0.15, 0.2) is 66.7 Å². The van der Waals surface area contributed by atoms with Crippen molar-refractivity contribution in [3.8, 4) is 5.75 Å². The number of hydrogen-bond acceptors (Lipinski definition) is 7. The molecule has 2 amide bonds. The molecule has 45 heavy (non-hydrogen) atoms. The molecular weight excluding hydrogens is 637 g/mol. The van der Waals surface area contributed by atoms with Crippen LogP contribution in [0.1, 0.15) is 16.8 Å². The predicted molar refractivity (Wildman–Crippen MR) is 182 cm³/mol. The zero-order valence-electron chi connectivity index (χ0n) is 25.4. The van der Waals surface area contributed by atoms with Crippen molar-refractivity contribution in [3.05, 3.63) is 93.6 Å². The Bertz CT molecular complexity index is 1880. The number of nitrogens with one attached hydrogen (secondary N) is 2. The van der Waals surface area contributed by atoms with Crippen LogP contribution < -0.4 is 24.6 Å². The largest absolute Gasteiger partial charge is 0.487 e. The average Bonchev–Trinajstić information content (AvgIpc) is 2.98. The summed E-state index contributed by atoms with van der Waals surface area (Å²) in [5.74, 6) is -0.324. The fourth-order valence-corrected chi connectivity index (χ4v) is 5.64. The van der Waals surface area contributed by atoms with Crippen molar-refractivity contribution in [3.63, 3.8) is 0 Å². The van der Waals surface area contributed by atoms with Crippen LogP contribution in [0.4, 0.5) is 17.1 Å². The number of ether oxygens (including phenoxy) is 1. The van der Waals surface area contributed by atoms with Gasteiger partial charge in [-0.05, 0) is 55.0 Å². The summed E-state index contributed by atoms with van der Waals surface area (Å²) in [5.41, 5.74) is 4.55. The maximum absolute atomic E-state index is 13.0. The normalized spacial score (nSPS) is 11.4. The third-order valence-electron chi connectivity index (χ3n) is 6.72. The minimum absolute atomic E-state index is 0.0341. The molecule has 4 rings (SSSR count). The summed E-state index contributed by atoms with van der Waals surface area (Å²) >= 11 is 13.2. The summed E-state index contributed by atoms with van der Waals surface area (Å²) in [6.07, 6.45) is 3.89. The molecule has 0 saturated carbocycles. The van der Waals surface area contributed by atoms with Crippen LogP contribution in [0.25, 0.3) is 17.0 Å². The molecule has 0 atom stereocenters. The van der Waals surface area contributed by atoms with Crippen LogP contribution in [0.3, 0.4) is 0 Å². The van der Waals surface area contributed by atoms with E-state index in [9.17, 15) is 18.0 Å². The van der Waals surface area contributed by atoms with Crippen LogP contribution in [0.5, 0.6) is 5.75 Å². The highest BCUT2D eigenvalue weighted by Gasteiger charge is 2.20. The van der Waals surface area contributed by atoms with Gasteiger partial charge in [-0.3, -0.25) is 14.3 Å². The highest BCUT2D eigenvalue weighted by Crippen LogP contribution is 2.36. The second-order valence-corrected chi connectivity index (χ2v) is 13.0. The SMILES string of the molecule is Cc1cc(N(C)C)c2cccc(OCc3c(Cl)ccc(N(C)C(=O)CNC(=O)C=Cc4ccc(NS(C)(=O)=O)cc4)c3Cl)c2n1. The molecule has 1 aromatic heterocycles. The highest BCUT2D eigenvalue weighted by molar-refractivity contribution is 7.92. The van der Waals surface area contributed by atoms with Gasteiger partial charge in [-0.25, -0.2) is 13.4 Å². The molecular formula is C32H33Cl2N5O5S. The van der Waals surface area contributed by atoms with E-state index < -0.39 is 21.8 Å². The molecule has 2 N–H and O–H groups in total. The second kappa shape index (κ2) is 14.2. The summed E-state index contributed by atoms with van der Waals surface area (Å²) in [5, 5.41) is 4.12. The van der Waals surface area contributed by atoms with Gasteiger partial charge in [0.1, 0.15) is 17.9 Å². The fraction of sp³-hybridized carbons (Fsp3) is 0.219. The molecule has 10 nitrogen and oxygen atoms in total. The van der Waals surface area contributed by atoms with Crippen LogP contribution in [0.2, 0.25) is 10.0 Å². The van der Waals surface area contributed by atoms with Gasteiger partial charge in [0.15, 0.2) is 0 Å². The number of benzene rings is 3. The molecule has 0 bridgehead atoms. The minimum Gasteiger partial charge on any atom is -0.487 e. The van der Waals surface area contributed by atoms with E-state index in [-0.39, 0.29) is 18.2 Å². The van der Waals surface area contributed by atoms with Crippen molar-refractivity contribution in [2.24, 2.45) is 0 Å². The smallest absolute Gasteiger partial charge is 0.246 e. The number of halogens is 2. The van der Waals surface area contributed by atoms with E-state index >= 15 is 0 Å². The van der Waals surface area contributed by atoms with E-state index in [0.717, 1.165) is 23.0 Å². The maximum Gasteiger partial charge on any atom is 0.246 e. The zero-order valence-corrected chi connectivity index (χ0v) is 27.7. The summed E-state index contributed by atoms with van der Waals surface area (Å²) in [6, 6.07) is 17.4. The van der Waals surface area contributed by atoms with Crippen molar-refractivity contribution >= 4 is 79.1 Å². The van der Waals surface area contributed by atoms with Gasteiger partial charge in [-0.2, -0.15) is 0 Å². The summed E-state index contributed by atoms with van der Waals surface area (Å²) in [6.45, 7) is 1.68. The van der Waals surface area contributed by atoms with Gasteiger partial charge in [0.2, 0.25) is 21.8 Å². The molecule has 0 unspecified atom stereocenters. The lowest BCUT2D eigenvalue weighted by Gasteiger charge is -2.21. The predicted octanol–water partition coefficient (Wildman–Crippen LogP) is 5.66. The van der Waals surface area contributed by atoms with Crippen LogP contribution in [-0.4, -0.2) is 59.2 Å². The Morgan fingerprint density at radius 2 is 1.71 bits per heavy atom. The Morgan fingerprint density at radius 1 is 1.00 bits per heavy atom. The number of rotatable bonds is 11. The van der Waals surface area contributed by atoms with Crippen molar-refractivity contribution < 1.29 is 22.7 Å². The summed E-state index contributed by atoms with van der Waals surface area (Å²) < 4.78 is 31.2. The Balaban J connectivity index is 1.41. The molecule has 0 spiro atoms. The molecule has 0 radical (unpaired) electrons. The van der Waals surface area contributed by atoms with Crippen molar-refractivity contribution in [2.75, 3.05) is 48.5 Å². The summed E-state index contributed by atoms with van der Waals surface area (Å²) in [4.78, 5) is 33.4. The number of fused-ring (bicyclic) bond motifs is 1. The number of para-hydroxylation sites is 1. The number of pyridine rings is 1. The quantitative estimate of drug-likeness (QED) is 0.198. The lowest BCUT2D eigenvalue weighted by molar-refractivity contribution is -0.122. The first-order valence-corrected chi connectivity index (χ1v) is 16.4. The molecule has 0 fully saturated rings. The number of likely N-dealkylation sites (N-methyl/N-ethyl adjacent to an activating group) is 1. The van der Waals surface area contributed by atoms with Crippen molar-refractivity contribution in [1.82, 2.24) is 10.3 Å². The molecule has 0 aliphatic carbocycles. The molecule has 1 heterocycles. The third-order valence-corrected chi connectivity index (χ3v) is 8.10. The first-order valence-electron chi connectivity index (χ1n) is 13.7. The van der Waals surface area contributed by atoms with E-state index in [0.29, 0.717) is 38.8 Å². The van der Waals surface area contributed by atoms with Gasteiger partial charge in [-0.15, -0.1) is 0 Å². The van der Waals surface area contributed by atoms with Crippen molar-refractivity contribution in [1.29, 1.82) is 0 Å². The van der Waals surface area contributed by atoms with E-state index in [2.05, 4.69) is 10.0 Å². The van der Waals surface area contributed by atoms with Crippen LogP contribution >= 0.6 is 23.2 Å². The highest BCUT2D eigenvalue weighted by atomic mass is 35.5. The first-order chi connectivity index (χ1) is 21.2. The number of hydrogen-bond donors (Lipinski definition) is 2. The molecule has 0 aliphatic rings. The van der Waals surface area contributed by atoms with Gasteiger partial charge in [0.25, 0.3) is 0 Å². The standard InChI is InChI=1S/C32H33Cl2N5O5S/c1-20-17-27(38(2)3)23-7-6-8-28(32(23)36-20)44-19-24-25(33)14-15-26(31(24)34)39(4)30(41)18-35-29(40)16-11-21-9-12-22(13-10-21)37-45(5,42)43/h6-17,37H,18-19H2,1-5H3,(H,35,40). The van der Waals surface area contributed by atoms with Crippen LogP contribution in [0, 0.1) is 6.92 Å². The van der Waals surface area contributed by atoms with Gasteiger partial charge >= 0.3 is 0 Å². The number of aromatic nitrogens is 1. The van der Waals surface area contributed by atoms with Crippen LogP contribution in [-0.2, 0) is 26.2 Å². The lowest BCUT2D eigenvalue weighted by Crippen LogP contribution is -2.37. The zero-order chi connectivity index (χ0) is 32.9. The van der Waals surface area contributed by atoms with E-state index in [1.165, 1.54) is 11.0 Å². The second-order valence-electron chi connectivity index (χ2n) is 10.5. The summed E-state index contributed by atoms with van der Waals surface area (Å²) in [7, 11) is 2.10. The van der Waals surface area contributed by atoms with Gasteiger partial charge in [0.05, 0.1) is 23.5 Å². The molecule has 3 aromatic carbocycles. The number of aryl methyl sites for hydroxylation is 1. The molecule has 0 saturated heterocycles. The Hall–Kier alpha value is -4.32. The fourth-order valence-electron chi connectivity index (χ4n) is 4.46. The minimum atomic E-state index is -3.39. The van der Waals surface area contributed by atoms with E-state index in [4.69, 9.17) is 32.9 Å². The van der Waals surface area contributed by atoms with E-state index in [1.54, 1.807) is 49.5 Å². The first kappa shape index (κ1) is 33.6. The van der Waals surface area contributed by atoms with Gasteiger partial charge in [0, 0.05) is 60.3 Å². The van der Waals surface area contributed by atoms with Crippen molar-refractivity contribution in [2.45, 2.75) is 13.5 Å².